The van der Waals surface area contributed by atoms with Crippen molar-refractivity contribution in [2.45, 2.75) is 69.9 Å². The first kappa shape index (κ1) is 24.3. The summed E-state index contributed by atoms with van der Waals surface area (Å²) in [6, 6.07) is 12.2. The number of benzene rings is 2. The lowest BCUT2D eigenvalue weighted by atomic mass is 9.78. The normalized spacial score (nSPS) is 25.7. The number of aliphatic hydroxyl groups is 2. The standard InChI is InChI=1S/C24H29F2NO5/c1-15(2)27-23(30)24(32-13-16-6-4-3-5-7-16)11-20(28)22(29)21(12-24)31-14-17-8-9-18(25)10-19(17)26/h3-10,15,20-22,28-29H,11-14H2,1-2H3,(H,27,30)/t20-,21+,22-,24+/m1/s1. The molecule has 2 aromatic carbocycles. The van der Waals surface area contributed by atoms with Crippen LogP contribution in [0.1, 0.15) is 37.8 Å². The number of rotatable bonds is 8. The quantitative estimate of drug-likeness (QED) is 0.577. The van der Waals surface area contributed by atoms with Crippen molar-refractivity contribution in [3.8, 4) is 0 Å². The SMILES string of the molecule is CC(C)NC(=O)[C@]1(OCc2ccccc2)C[C@@H](O)[C@@H](O)[C@@H](OCc2ccc(F)cc2F)C1. The smallest absolute Gasteiger partial charge is 0.252 e. The van der Waals surface area contributed by atoms with Crippen LogP contribution in [0.4, 0.5) is 8.78 Å². The Morgan fingerprint density at radius 2 is 1.84 bits per heavy atom. The van der Waals surface area contributed by atoms with Crippen molar-refractivity contribution in [3.05, 3.63) is 71.3 Å². The molecule has 32 heavy (non-hydrogen) atoms. The summed E-state index contributed by atoms with van der Waals surface area (Å²) >= 11 is 0. The Balaban J connectivity index is 1.80. The lowest BCUT2D eigenvalue weighted by Crippen LogP contribution is -2.61. The van der Waals surface area contributed by atoms with E-state index in [2.05, 4.69) is 5.32 Å². The molecule has 0 spiro atoms. The third-order valence-corrected chi connectivity index (χ3v) is 5.50. The van der Waals surface area contributed by atoms with Gasteiger partial charge in [0.15, 0.2) is 5.60 Å². The van der Waals surface area contributed by atoms with E-state index in [0.717, 1.165) is 17.7 Å². The minimum absolute atomic E-state index is 0.0422. The van der Waals surface area contributed by atoms with Crippen molar-refractivity contribution >= 4 is 5.91 Å². The minimum Gasteiger partial charge on any atom is -0.390 e. The van der Waals surface area contributed by atoms with Gasteiger partial charge in [-0.25, -0.2) is 8.78 Å². The highest BCUT2D eigenvalue weighted by Crippen LogP contribution is 2.36. The van der Waals surface area contributed by atoms with Gasteiger partial charge >= 0.3 is 0 Å². The topological polar surface area (TPSA) is 88.0 Å². The van der Waals surface area contributed by atoms with E-state index in [1.165, 1.54) is 6.07 Å². The van der Waals surface area contributed by atoms with Crippen LogP contribution >= 0.6 is 0 Å². The molecule has 1 amide bonds. The number of carbonyl (C=O) groups is 1. The zero-order valence-electron chi connectivity index (χ0n) is 18.1. The van der Waals surface area contributed by atoms with E-state index in [-0.39, 0.29) is 37.7 Å². The van der Waals surface area contributed by atoms with Crippen LogP contribution in [0.5, 0.6) is 0 Å². The van der Waals surface area contributed by atoms with Crippen LogP contribution in [0, 0.1) is 11.6 Å². The van der Waals surface area contributed by atoms with E-state index < -0.39 is 41.5 Å². The summed E-state index contributed by atoms with van der Waals surface area (Å²) < 4.78 is 38.9. The zero-order chi connectivity index (χ0) is 23.3. The maximum Gasteiger partial charge on any atom is 0.252 e. The molecule has 1 aliphatic carbocycles. The number of nitrogens with one attached hydrogen (secondary N) is 1. The van der Waals surface area contributed by atoms with E-state index in [9.17, 15) is 23.8 Å². The molecule has 3 N–H and O–H groups in total. The summed E-state index contributed by atoms with van der Waals surface area (Å²) in [7, 11) is 0. The molecule has 0 unspecified atom stereocenters. The van der Waals surface area contributed by atoms with Gasteiger partial charge in [-0.05, 0) is 25.5 Å². The molecule has 0 radical (unpaired) electrons. The first-order valence-electron chi connectivity index (χ1n) is 10.6. The molecule has 2 aromatic rings. The van der Waals surface area contributed by atoms with Crippen LogP contribution in [0.15, 0.2) is 48.5 Å². The lowest BCUT2D eigenvalue weighted by Gasteiger charge is -2.44. The number of amides is 1. The maximum atomic E-state index is 14.0. The second-order valence-corrected chi connectivity index (χ2v) is 8.45. The number of hydrogen-bond donors (Lipinski definition) is 3. The molecule has 4 atom stereocenters. The van der Waals surface area contributed by atoms with Crippen LogP contribution in [0.25, 0.3) is 0 Å². The highest BCUT2D eigenvalue weighted by molar-refractivity contribution is 5.85. The molecule has 1 aliphatic rings. The van der Waals surface area contributed by atoms with Crippen molar-refractivity contribution in [2.75, 3.05) is 0 Å². The van der Waals surface area contributed by atoms with Gasteiger partial charge in [0.2, 0.25) is 0 Å². The first-order valence-corrected chi connectivity index (χ1v) is 10.6. The Labute approximate surface area is 186 Å². The fourth-order valence-corrected chi connectivity index (χ4v) is 3.79. The molecule has 1 saturated carbocycles. The van der Waals surface area contributed by atoms with Gasteiger partial charge in [0, 0.05) is 30.5 Å². The van der Waals surface area contributed by atoms with Crippen molar-refractivity contribution < 1.29 is 33.3 Å². The van der Waals surface area contributed by atoms with Crippen LogP contribution < -0.4 is 5.32 Å². The molecule has 0 aromatic heterocycles. The van der Waals surface area contributed by atoms with E-state index in [1.807, 2.05) is 44.2 Å². The average Bonchev–Trinajstić information content (AvgIpc) is 2.75. The second-order valence-electron chi connectivity index (χ2n) is 8.45. The summed E-state index contributed by atoms with van der Waals surface area (Å²) in [6.07, 6.45) is -3.75. The fraction of sp³-hybridized carbons (Fsp3) is 0.458. The highest BCUT2D eigenvalue weighted by Gasteiger charge is 2.51. The predicted octanol–water partition coefficient (Wildman–Crippen LogP) is 2.85. The summed E-state index contributed by atoms with van der Waals surface area (Å²) in [5.74, 6) is -1.91. The van der Waals surface area contributed by atoms with E-state index >= 15 is 0 Å². The minimum atomic E-state index is -1.45. The zero-order valence-corrected chi connectivity index (χ0v) is 18.1. The van der Waals surface area contributed by atoms with Gasteiger partial charge in [0.05, 0.1) is 25.4 Å². The fourth-order valence-electron chi connectivity index (χ4n) is 3.79. The van der Waals surface area contributed by atoms with Crippen molar-refractivity contribution in [1.29, 1.82) is 0 Å². The molecular weight excluding hydrogens is 420 g/mol. The summed E-state index contributed by atoms with van der Waals surface area (Å²) in [5.41, 5.74) is -0.512. The van der Waals surface area contributed by atoms with E-state index in [0.29, 0.717) is 0 Å². The molecule has 0 saturated heterocycles. The average molecular weight is 449 g/mol. The molecule has 0 bridgehead atoms. The van der Waals surface area contributed by atoms with Gasteiger partial charge in [0.25, 0.3) is 5.91 Å². The molecule has 1 fully saturated rings. The van der Waals surface area contributed by atoms with Crippen molar-refractivity contribution in [1.82, 2.24) is 5.32 Å². The monoisotopic (exact) mass is 449 g/mol. The third kappa shape index (κ3) is 5.89. The van der Waals surface area contributed by atoms with Gasteiger partial charge in [-0.3, -0.25) is 4.79 Å². The first-order chi connectivity index (χ1) is 15.2. The van der Waals surface area contributed by atoms with Crippen molar-refractivity contribution in [2.24, 2.45) is 0 Å². The number of ether oxygens (including phenoxy) is 2. The van der Waals surface area contributed by atoms with Crippen LogP contribution in [-0.2, 0) is 27.5 Å². The third-order valence-electron chi connectivity index (χ3n) is 5.50. The number of halogens is 2. The van der Waals surface area contributed by atoms with Crippen LogP contribution in [-0.4, -0.2) is 46.1 Å². The Morgan fingerprint density at radius 1 is 1.12 bits per heavy atom. The maximum absolute atomic E-state index is 14.0. The highest BCUT2D eigenvalue weighted by atomic mass is 19.1. The van der Waals surface area contributed by atoms with Crippen molar-refractivity contribution in [3.63, 3.8) is 0 Å². The summed E-state index contributed by atoms with van der Waals surface area (Å²) in [6.45, 7) is 3.47. The molecular formula is C24H29F2NO5. The summed E-state index contributed by atoms with van der Waals surface area (Å²) in [5, 5.41) is 23.9. The lowest BCUT2D eigenvalue weighted by molar-refractivity contribution is -0.200. The van der Waals surface area contributed by atoms with E-state index in [4.69, 9.17) is 9.47 Å². The van der Waals surface area contributed by atoms with E-state index in [1.54, 1.807) is 0 Å². The summed E-state index contributed by atoms with van der Waals surface area (Å²) in [4.78, 5) is 13.1. The van der Waals surface area contributed by atoms with Gasteiger partial charge in [0.1, 0.15) is 17.7 Å². The van der Waals surface area contributed by atoms with Gasteiger partial charge < -0.3 is 25.0 Å². The Hall–Kier alpha value is -2.39. The van der Waals surface area contributed by atoms with Crippen LogP contribution in [0.2, 0.25) is 0 Å². The second kappa shape index (κ2) is 10.5. The van der Waals surface area contributed by atoms with Crippen LogP contribution in [0.3, 0.4) is 0 Å². The number of aliphatic hydroxyl groups excluding tert-OH is 2. The van der Waals surface area contributed by atoms with Gasteiger partial charge in [-0.2, -0.15) is 0 Å². The Kier molecular flexibility index (Phi) is 7.95. The largest absolute Gasteiger partial charge is 0.390 e. The molecule has 174 valence electrons. The Bertz CT molecular complexity index is 911. The molecule has 6 nitrogen and oxygen atoms in total. The van der Waals surface area contributed by atoms with Gasteiger partial charge in [-0.1, -0.05) is 36.4 Å². The molecule has 8 heteroatoms. The molecule has 0 aliphatic heterocycles. The molecule has 3 rings (SSSR count). The number of carbonyl (C=O) groups excluding carboxylic acids is 1. The Morgan fingerprint density at radius 3 is 2.50 bits per heavy atom. The number of hydrogen-bond acceptors (Lipinski definition) is 5. The molecule has 0 heterocycles. The van der Waals surface area contributed by atoms with Gasteiger partial charge in [-0.15, -0.1) is 0 Å². The predicted molar refractivity (Wildman–Crippen MR) is 113 cm³/mol.